The normalized spacial score (nSPS) is 21.8. The van der Waals surface area contributed by atoms with Crippen molar-refractivity contribution < 1.29 is 4.74 Å². The Morgan fingerprint density at radius 2 is 2.22 bits per heavy atom. The first kappa shape index (κ1) is 13.9. The molecular formula is C14H22N2OS. The Morgan fingerprint density at radius 1 is 1.44 bits per heavy atom. The average Bonchev–Trinajstić information content (AvgIpc) is 2.41. The van der Waals surface area contributed by atoms with Gasteiger partial charge in [-0.3, -0.25) is 0 Å². The van der Waals surface area contributed by atoms with Gasteiger partial charge < -0.3 is 15.8 Å². The summed E-state index contributed by atoms with van der Waals surface area (Å²) in [5.41, 5.74) is 7.46. The van der Waals surface area contributed by atoms with Crippen molar-refractivity contribution in [2.45, 2.75) is 30.3 Å². The molecule has 1 aromatic rings. The van der Waals surface area contributed by atoms with Crippen LogP contribution in [0.5, 0.6) is 0 Å². The summed E-state index contributed by atoms with van der Waals surface area (Å²) in [6.07, 6.45) is 0.931. The number of hydrogen-bond acceptors (Lipinski definition) is 4. The lowest BCUT2D eigenvalue weighted by molar-refractivity contribution is 0.0720. The second-order valence-corrected chi connectivity index (χ2v) is 5.91. The summed E-state index contributed by atoms with van der Waals surface area (Å²) in [7, 11) is 0. The van der Waals surface area contributed by atoms with Gasteiger partial charge in [-0.1, -0.05) is 19.1 Å². The van der Waals surface area contributed by atoms with Gasteiger partial charge in [0, 0.05) is 23.5 Å². The van der Waals surface area contributed by atoms with Crippen LogP contribution in [0.15, 0.2) is 29.2 Å². The predicted molar refractivity (Wildman–Crippen MR) is 77.0 cm³/mol. The number of benzene rings is 1. The van der Waals surface area contributed by atoms with Crippen LogP contribution >= 0.6 is 11.8 Å². The van der Waals surface area contributed by atoms with E-state index in [1.165, 1.54) is 10.5 Å². The van der Waals surface area contributed by atoms with E-state index in [0.717, 1.165) is 31.9 Å². The maximum atomic E-state index is 6.25. The van der Waals surface area contributed by atoms with E-state index in [2.05, 4.69) is 36.5 Å². The van der Waals surface area contributed by atoms with Gasteiger partial charge in [-0.2, -0.15) is 0 Å². The van der Waals surface area contributed by atoms with E-state index in [1.807, 2.05) is 11.8 Å². The average molecular weight is 266 g/mol. The van der Waals surface area contributed by atoms with Crippen LogP contribution in [0.3, 0.4) is 0 Å². The molecule has 0 radical (unpaired) electrons. The summed E-state index contributed by atoms with van der Waals surface area (Å²) in [4.78, 5) is 1.31. The number of nitrogens with one attached hydrogen (secondary N) is 1. The highest BCUT2D eigenvalue weighted by Gasteiger charge is 2.17. The lowest BCUT2D eigenvalue weighted by Gasteiger charge is -2.26. The first-order valence-corrected chi connectivity index (χ1v) is 7.57. The minimum absolute atomic E-state index is 0.0878. The Bertz CT molecular complexity index is 349. The van der Waals surface area contributed by atoms with Crippen LogP contribution in [0, 0.1) is 0 Å². The Hall–Kier alpha value is -0.550. The number of hydrogen-bond donors (Lipinski definition) is 2. The monoisotopic (exact) mass is 266 g/mol. The number of morpholine rings is 1. The zero-order valence-corrected chi connectivity index (χ0v) is 11.7. The fourth-order valence-electron chi connectivity index (χ4n) is 2.19. The number of thioether (sulfide) groups is 1. The molecule has 1 aliphatic heterocycles. The second kappa shape index (κ2) is 7.14. The van der Waals surface area contributed by atoms with E-state index in [1.54, 1.807) is 0 Å². The van der Waals surface area contributed by atoms with Crippen LogP contribution in [-0.4, -0.2) is 31.6 Å². The molecule has 100 valence electrons. The zero-order chi connectivity index (χ0) is 12.8. The van der Waals surface area contributed by atoms with Gasteiger partial charge in [0.25, 0.3) is 0 Å². The van der Waals surface area contributed by atoms with Gasteiger partial charge >= 0.3 is 0 Å². The number of ether oxygens (including phenoxy) is 1. The van der Waals surface area contributed by atoms with Gasteiger partial charge in [-0.25, -0.2) is 0 Å². The van der Waals surface area contributed by atoms with E-state index in [0.29, 0.717) is 6.04 Å². The maximum Gasteiger partial charge on any atom is 0.0620 e. The summed E-state index contributed by atoms with van der Waals surface area (Å²) in [5, 5.41) is 3.44. The zero-order valence-electron chi connectivity index (χ0n) is 10.9. The van der Waals surface area contributed by atoms with E-state index < -0.39 is 0 Å². The molecular weight excluding hydrogens is 244 g/mol. The summed E-state index contributed by atoms with van der Waals surface area (Å²) in [6, 6.07) is 9.09. The van der Waals surface area contributed by atoms with E-state index in [9.17, 15) is 0 Å². The van der Waals surface area contributed by atoms with Crippen LogP contribution < -0.4 is 11.1 Å². The van der Waals surface area contributed by atoms with Gasteiger partial charge in [0.1, 0.15) is 0 Å². The molecule has 1 aromatic carbocycles. The molecule has 2 unspecified atom stereocenters. The molecule has 1 fully saturated rings. The third-order valence-corrected chi connectivity index (χ3v) is 4.05. The molecule has 0 spiro atoms. The SMILES string of the molecule is CCSc1ccc(C(N)CC2COCCN2)cc1. The fraction of sp³-hybridized carbons (Fsp3) is 0.571. The van der Waals surface area contributed by atoms with Crippen LogP contribution in [0.1, 0.15) is 24.9 Å². The van der Waals surface area contributed by atoms with E-state index in [-0.39, 0.29) is 6.04 Å². The van der Waals surface area contributed by atoms with Crippen LogP contribution in [-0.2, 0) is 4.74 Å². The molecule has 3 nitrogen and oxygen atoms in total. The molecule has 3 N–H and O–H groups in total. The van der Waals surface area contributed by atoms with Crippen molar-refractivity contribution in [2.24, 2.45) is 5.73 Å². The maximum absolute atomic E-state index is 6.25. The molecule has 1 heterocycles. The minimum Gasteiger partial charge on any atom is -0.379 e. The Labute approximate surface area is 113 Å². The van der Waals surface area contributed by atoms with Crippen molar-refractivity contribution in [2.75, 3.05) is 25.5 Å². The van der Waals surface area contributed by atoms with Crippen LogP contribution in [0.2, 0.25) is 0 Å². The highest BCUT2D eigenvalue weighted by molar-refractivity contribution is 7.99. The van der Waals surface area contributed by atoms with Gasteiger partial charge in [-0.05, 0) is 29.9 Å². The third kappa shape index (κ3) is 3.99. The second-order valence-electron chi connectivity index (χ2n) is 4.57. The van der Waals surface area contributed by atoms with Crippen molar-refractivity contribution in [3.05, 3.63) is 29.8 Å². The number of rotatable bonds is 5. The van der Waals surface area contributed by atoms with Crippen LogP contribution in [0.25, 0.3) is 0 Å². The molecule has 4 heteroatoms. The smallest absolute Gasteiger partial charge is 0.0620 e. The lowest BCUT2D eigenvalue weighted by Crippen LogP contribution is -2.42. The summed E-state index contributed by atoms with van der Waals surface area (Å²) >= 11 is 1.86. The van der Waals surface area contributed by atoms with Crippen molar-refractivity contribution in [3.8, 4) is 0 Å². The minimum atomic E-state index is 0.0878. The van der Waals surface area contributed by atoms with Crippen molar-refractivity contribution >= 4 is 11.8 Å². The van der Waals surface area contributed by atoms with Crippen molar-refractivity contribution in [1.82, 2.24) is 5.32 Å². The largest absolute Gasteiger partial charge is 0.379 e. The molecule has 2 atom stereocenters. The molecule has 0 aromatic heterocycles. The van der Waals surface area contributed by atoms with Gasteiger partial charge in [-0.15, -0.1) is 11.8 Å². The van der Waals surface area contributed by atoms with E-state index >= 15 is 0 Å². The summed E-state index contributed by atoms with van der Waals surface area (Å²) in [6.45, 7) is 4.69. The lowest BCUT2D eigenvalue weighted by atomic mass is 10.00. The Morgan fingerprint density at radius 3 is 2.83 bits per heavy atom. The molecule has 1 aliphatic rings. The Kier molecular flexibility index (Phi) is 5.50. The quantitative estimate of drug-likeness (QED) is 0.802. The molecule has 2 rings (SSSR count). The van der Waals surface area contributed by atoms with Crippen molar-refractivity contribution in [3.63, 3.8) is 0 Å². The molecule has 0 saturated carbocycles. The number of nitrogens with two attached hydrogens (primary N) is 1. The van der Waals surface area contributed by atoms with E-state index in [4.69, 9.17) is 10.5 Å². The topological polar surface area (TPSA) is 47.3 Å². The standard InChI is InChI=1S/C14H22N2OS/c1-2-18-13-5-3-11(4-6-13)14(15)9-12-10-17-8-7-16-12/h3-6,12,14,16H,2,7-10,15H2,1H3. The highest BCUT2D eigenvalue weighted by atomic mass is 32.2. The van der Waals surface area contributed by atoms with Crippen LogP contribution in [0.4, 0.5) is 0 Å². The summed E-state index contributed by atoms with van der Waals surface area (Å²) < 4.78 is 5.45. The van der Waals surface area contributed by atoms with Crippen molar-refractivity contribution in [1.29, 1.82) is 0 Å². The van der Waals surface area contributed by atoms with Gasteiger partial charge in [0.15, 0.2) is 0 Å². The molecule has 0 amide bonds. The molecule has 1 saturated heterocycles. The molecule has 0 aliphatic carbocycles. The third-order valence-electron chi connectivity index (χ3n) is 3.16. The highest BCUT2D eigenvalue weighted by Crippen LogP contribution is 2.22. The first-order chi connectivity index (χ1) is 8.79. The van der Waals surface area contributed by atoms with Gasteiger partial charge in [0.05, 0.1) is 13.2 Å². The predicted octanol–water partition coefficient (Wildman–Crippen LogP) is 2.18. The summed E-state index contributed by atoms with van der Waals surface area (Å²) in [5.74, 6) is 1.11. The van der Waals surface area contributed by atoms with Gasteiger partial charge in [0.2, 0.25) is 0 Å². The molecule has 0 bridgehead atoms. The molecule has 18 heavy (non-hydrogen) atoms. The first-order valence-electron chi connectivity index (χ1n) is 6.59. The Balaban J connectivity index is 1.89. The fourth-order valence-corrected chi connectivity index (χ4v) is 2.85.